The highest BCUT2D eigenvalue weighted by Crippen LogP contribution is 2.29. The molecule has 142 valence electrons. The largest absolute Gasteiger partial charge is 0.496 e. The number of methoxy groups -OCH3 is 1. The van der Waals surface area contributed by atoms with Crippen LogP contribution >= 0.6 is 11.6 Å². The first-order chi connectivity index (χ1) is 13.7. The number of nitrogen functional groups attached to an aromatic ring is 1. The van der Waals surface area contributed by atoms with Crippen molar-refractivity contribution in [1.29, 1.82) is 0 Å². The molecule has 2 aromatic heterocycles. The second-order valence-corrected chi connectivity index (χ2v) is 6.84. The molecular weight excluding hydrogens is 374 g/mol. The number of aryl methyl sites for hydroxylation is 1. The van der Waals surface area contributed by atoms with Crippen LogP contribution in [-0.2, 0) is 13.0 Å². The van der Waals surface area contributed by atoms with E-state index >= 15 is 0 Å². The van der Waals surface area contributed by atoms with Crippen molar-refractivity contribution in [3.05, 3.63) is 66.0 Å². The first kappa shape index (κ1) is 18.3. The summed E-state index contributed by atoms with van der Waals surface area (Å²) in [4.78, 5) is 9.26. The van der Waals surface area contributed by atoms with Gasteiger partial charge in [0.2, 0.25) is 0 Å². The van der Waals surface area contributed by atoms with Gasteiger partial charge in [-0.15, -0.1) is 11.6 Å². The molecule has 7 heteroatoms. The Balaban J connectivity index is 1.71. The average molecular weight is 394 g/mol. The number of hydrogen-bond donors (Lipinski definition) is 1. The molecule has 28 heavy (non-hydrogen) atoms. The number of alkyl halides is 1. The summed E-state index contributed by atoms with van der Waals surface area (Å²) in [6, 6.07) is 14.0. The summed E-state index contributed by atoms with van der Waals surface area (Å²) >= 11 is 5.92. The van der Waals surface area contributed by atoms with Gasteiger partial charge in [-0.05, 0) is 23.6 Å². The smallest absolute Gasteiger partial charge is 0.150 e. The Bertz CT molecular complexity index is 1110. The Labute approximate surface area is 167 Å². The third-order valence-corrected chi connectivity index (χ3v) is 4.74. The highest BCUT2D eigenvalue weighted by atomic mass is 35.5. The van der Waals surface area contributed by atoms with Gasteiger partial charge in [-0.3, -0.25) is 4.68 Å². The maximum Gasteiger partial charge on any atom is 0.150 e. The van der Waals surface area contributed by atoms with E-state index in [1.807, 2.05) is 41.2 Å². The summed E-state index contributed by atoms with van der Waals surface area (Å²) < 4.78 is 7.30. The normalized spacial score (nSPS) is 11.1. The third kappa shape index (κ3) is 3.64. The summed E-state index contributed by atoms with van der Waals surface area (Å²) in [5, 5.41) is 4.44. The van der Waals surface area contributed by atoms with E-state index < -0.39 is 0 Å². The van der Waals surface area contributed by atoms with E-state index in [2.05, 4.69) is 22.2 Å². The van der Waals surface area contributed by atoms with Crippen LogP contribution in [0.1, 0.15) is 11.1 Å². The lowest BCUT2D eigenvalue weighted by molar-refractivity contribution is 0.411. The van der Waals surface area contributed by atoms with Crippen LogP contribution in [0.25, 0.3) is 22.3 Å². The number of halogens is 1. The van der Waals surface area contributed by atoms with Gasteiger partial charge in [0.15, 0.2) is 5.82 Å². The molecule has 0 saturated heterocycles. The maximum absolute atomic E-state index is 6.20. The predicted molar refractivity (Wildman–Crippen MR) is 112 cm³/mol. The van der Waals surface area contributed by atoms with Gasteiger partial charge in [0.05, 0.1) is 30.9 Å². The van der Waals surface area contributed by atoms with E-state index in [-0.39, 0.29) is 0 Å². The van der Waals surface area contributed by atoms with Crippen LogP contribution in [0.2, 0.25) is 0 Å². The fourth-order valence-corrected chi connectivity index (χ4v) is 3.39. The molecule has 2 N–H and O–H groups in total. The molecule has 0 amide bonds. The molecule has 0 saturated carbocycles. The first-order valence-corrected chi connectivity index (χ1v) is 9.48. The Morgan fingerprint density at radius 2 is 1.89 bits per heavy atom. The van der Waals surface area contributed by atoms with Crippen molar-refractivity contribution in [3.8, 4) is 17.0 Å². The fourth-order valence-electron chi connectivity index (χ4n) is 3.18. The van der Waals surface area contributed by atoms with Gasteiger partial charge < -0.3 is 10.5 Å². The monoisotopic (exact) mass is 393 g/mol. The summed E-state index contributed by atoms with van der Waals surface area (Å²) in [5.74, 6) is 1.60. The number of benzene rings is 2. The highest BCUT2D eigenvalue weighted by Gasteiger charge is 2.14. The van der Waals surface area contributed by atoms with Crippen LogP contribution in [0.5, 0.6) is 5.75 Å². The summed E-state index contributed by atoms with van der Waals surface area (Å²) in [6.07, 6.45) is 4.39. The zero-order chi connectivity index (χ0) is 19.5. The van der Waals surface area contributed by atoms with Crippen LogP contribution in [0, 0.1) is 0 Å². The number of aromatic nitrogens is 4. The minimum absolute atomic E-state index is 0.360. The molecule has 4 rings (SSSR count). The van der Waals surface area contributed by atoms with Crippen molar-refractivity contribution < 1.29 is 4.74 Å². The molecule has 0 bridgehead atoms. The van der Waals surface area contributed by atoms with Crippen LogP contribution in [-0.4, -0.2) is 32.7 Å². The van der Waals surface area contributed by atoms with Gasteiger partial charge in [0, 0.05) is 23.7 Å². The number of fused-ring (bicyclic) bond motifs is 1. The zero-order valence-electron chi connectivity index (χ0n) is 15.5. The van der Waals surface area contributed by atoms with Crippen LogP contribution < -0.4 is 10.5 Å². The Hall–Kier alpha value is -3.12. The maximum atomic E-state index is 6.20. The standard InChI is InChI=1S/C21H20ClN5O/c1-28-19-10-18-17(9-15(19)7-8-22)25-20(21(23)26-18)16-11-24-27(13-16)12-14-5-3-2-4-6-14/h2-6,9-11,13H,7-8,12H2,1H3,(H2,23,26). The topological polar surface area (TPSA) is 78.9 Å². The molecule has 6 nitrogen and oxygen atoms in total. The van der Waals surface area contributed by atoms with E-state index in [1.54, 1.807) is 13.3 Å². The van der Waals surface area contributed by atoms with E-state index in [1.165, 1.54) is 5.56 Å². The van der Waals surface area contributed by atoms with E-state index in [9.17, 15) is 0 Å². The lowest BCUT2D eigenvalue weighted by atomic mass is 10.1. The number of nitrogens with zero attached hydrogens (tertiary/aromatic N) is 4. The van der Waals surface area contributed by atoms with Gasteiger partial charge in [-0.25, -0.2) is 9.97 Å². The number of nitrogens with two attached hydrogens (primary N) is 1. The quantitative estimate of drug-likeness (QED) is 0.502. The Morgan fingerprint density at radius 3 is 2.64 bits per heavy atom. The van der Waals surface area contributed by atoms with Gasteiger partial charge >= 0.3 is 0 Å². The van der Waals surface area contributed by atoms with E-state index in [0.29, 0.717) is 35.9 Å². The van der Waals surface area contributed by atoms with Crippen molar-refractivity contribution >= 4 is 28.5 Å². The zero-order valence-corrected chi connectivity index (χ0v) is 16.2. The fraction of sp³-hybridized carbons (Fsp3) is 0.190. The Kier molecular flexibility index (Phi) is 5.12. The SMILES string of the molecule is COc1cc2nc(N)c(-c3cnn(Cc4ccccc4)c3)nc2cc1CCCl. The first-order valence-electron chi connectivity index (χ1n) is 8.95. The highest BCUT2D eigenvalue weighted by molar-refractivity contribution is 6.18. The van der Waals surface area contributed by atoms with Crippen LogP contribution in [0.4, 0.5) is 5.82 Å². The van der Waals surface area contributed by atoms with Crippen LogP contribution in [0.3, 0.4) is 0 Å². The number of ether oxygens (including phenoxy) is 1. The lowest BCUT2D eigenvalue weighted by Crippen LogP contribution is -2.01. The van der Waals surface area contributed by atoms with Gasteiger partial charge in [-0.2, -0.15) is 5.10 Å². The minimum atomic E-state index is 0.360. The van der Waals surface area contributed by atoms with Gasteiger partial charge in [0.1, 0.15) is 11.4 Å². The second kappa shape index (κ2) is 7.86. The molecule has 0 unspecified atom stereocenters. The third-order valence-electron chi connectivity index (χ3n) is 4.55. The average Bonchev–Trinajstić information content (AvgIpc) is 3.16. The minimum Gasteiger partial charge on any atom is -0.496 e. The number of anilines is 1. The van der Waals surface area contributed by atoms with Crippen molar-refractivity contribution in [3.63, 3.8) is 0 Å². The van der Waals surface area contributed by atoms with Crippen molar-refractivity contribution in [2.24, 2.45) is 0 Å². The van der Waals surface area contributed by atoms with Crippen LogP contribution in [0.15, 0.2) is 54.9 Å². The molecule has 0 atom stereocenters. The molecule has 0 radical (unpaired) electrons. The summed E-state index contributed by atoms with van der Waals surface area (Å²) in [5.41, 5.74) is 11.3. The van der Waals surface area contributed by atoms with E-state index in [4.69, 9.17) is 27.1 Å². The number of rotatable bonds is 6. The Morgan fingerprint density at radius 1 is 1.11 bits per heavy atom. The molecule has 0 aliphatic heterocycles. The molecule has 2 aromatic carbocycles. The molecule has 0 spiro atoms. The van der Waals surface area contributed by atoms with Crippen molar-refractivity contribution in [2.45, 2.75) is 13.0 Å². The summed E-state index contributed by atoms with van der Waals surface area (Å²) in [7, 11) is 1.63. The summed E-state index contributed by atoms with van der Waals surface area (Å²) in [6.45, 7) is 0.679. The molecule has 0 aliphatic rings. The molecule has 4 aromatic rings. The van der Waals surface area contributed by atoms with Crippen molar-refractivity contribution in [2.75, 3.05) is 18.7 Å². The van der Waals surface area contributed by atoms with Gasteiger partial charge in [0.25, 0.3) is 0 Å². The predicted octanol–water partition coefficient (Wildman–Crippen LogP) is 3.91. The second-order valence-electron chi connectivity index (χ2n) is 6.46. The molecular formula is C21H20ClN5O. The molecule has 0 aliphatic carbocycles. The van der Waals surface area contributed by atoms with E-state index in [0.717, 1.165) is 22.4 Å². The number of hydrogen-bond acceptors (Lipinski definition) is 5. The molecule has 2 heterocycles. The lowest BCUT2D eigenvalue weighted by Gasteiger charge is -2.10. The van der Waals surface area contributed by atoms with Crippen molar-refractivity contribution in [1.82, 2.24) is 19.7 Å². The molecule has 0 fully saturated rings. The van der Waals surface area contributed by atoms with Gasteiger partial charge in [-0.1, -0.05) is 30.3 Å².